The first-order valence-electron chi connectivity index (χ1n) is 3.90. The number of rotatable bonds is 2. The molecule has 0 fully saturated rings. The maximum absolute atomic E-state index is 12.1. The Kier molecular flexibility index (Phi) is 2.83. The zero-order valence-corrected chi connectivity index (χ0v) is 7.41. The lowest BCUT2D eigenvalue weighted by Gasteiger charge is -2.07. The lowest BCUT2D eigenvalue weighted by atomic mass is 10.1. The summed E-state index contributed by atoms with van der Waals surface area (Å²) in [4.78, 5) is 9.58. The number of hydrogen-bond acceptors (Lipinski definition) is 3. The van der Waals surface area contributed by atoms with E-state index < -0.39 is 28.8 Å². The van der Waals surface area contributed by atoms with Crippen LogP contribution in [0.15, 0.2) is 18.2 Å². The summed E-state index contributed by atoms with van der Waals surface area (Å²) in [7, 11) is 0. The number of nitro benzene ring substituents is 1. The summed E-state index contributed by atoms with van der Waals surface area (Å²) in [6.45, 7) is 0. The highest BCUT2D eigenvalue weighted by Gasteiger charge is 2.32. The van der Waals surface area contributed by atoms with Crippen LogP contribution in [0, 0.1) is 10.1 Å². The molecule has 0 saturated carbocycles. The van der Waals surface area contributed by atoms with Gasteiger partial charge in [-0.1, -0.05) is 12.1 Å². The second kappa shape index (κ2) is 3.76. The van der Waals surface area contributed by atoms with Crippen molar-refractivity contribution in [2.45, 2.75) is 12.6 Å². The van der Waals surface area contributed by atoms with Crippen LogP contribution in [0.25, 0.3) is 0 Å². The third-order valence-electron chi connectivity index (χ3n) is 1.72. The van der Waals surface area contributed by atoms with E-state index in [0.717, 1.165) is 6.07 Å². The van der Waals surface area contributed by atoms with E-state index >= 15 is 0 Å². The standard InChI is InChI=1S/C8H7F3N2O2/c9-8(10,11)4-5-2-1-3-6(12)7(5)13(14)15/h1-3H,4,12H2. The molecule has 0 aliphatic carbocycles. The molecule has 7 heteroatoms. The third kappa shape index (κ3) is 2.83. The van der Waals surface area contributed by atoms with Gasteiger partial charge in [-0.2, -0.15) is 13.2 Å². The van der Waals surface area contributed by atoms with Gasteiger partial charge in [0.1, 0.15) is 5.69 Å². The smallest absolute Gasteiger partial charge is 0.393 e. The second-order valence-corrected chi connectivity index (χ2v) is 2.90. The van der Waals surface area contributed by atoms with E-state index in [2.05, 4.69) is 0 Å². The largest absolute Gasteiger partial charge is 0.393 e. The first kappa shape index (κ1) is 11.3. The van der Waals surface area contributed by atoms with Crippen LogP contribution in [0.2, 0.25) is 0 Å². The zero-order chi connectivity index (χ0) is 11.6. The highest BCUT2D eigenvalue weighted by atomic mass is 19.4. The van der Waals surface area contributed by atoms with Crippen molar-refractivity contribution in [3.05, 3.63) is 33.9 Å². The number of halogens is 3. The molecule has 0 spiro atoms. The van der Waals surface area contributed by atoms with Crippen LogP contribution in [0.5, 0.6) is 0 Å². The summed E-state index contributed by atoms with van der Waals surface area (Å²) in [6.07, 6.45) is -5.84. The van der Waals surface area contributed by atoms with Gasteiger partial charge in [-0.25, -0.2) is 0 Å². The van der Waals surface area contributed by atoms with Crippen molar-refractivity contribution in [3.8, 4) is 0 Å². The fraction of sp³-hybridized carbons (Fsp3) is 0.250. The molecular formula is C8H7F3N2O2. The van der Waals surface area contributed by atoms with Gasteiger partial charge in [-0.05, 0) is 6.07 Å². The van der Waals surface area contributed by atoms with Crippen LogP contribution in [-0.2, 0) is 6.42 Å². The summed E-state index contributed by atoms with van der Waals surface area (Å²) in [5.41, 5.74) is 3.87. The van der Waals surface area contributed by atoms with Crippen molar-refractivity contribution in [2.75, 3.05) is 5.73 Å². The van der Waals surface area contributed by atoms with Crippen LogP contribution in [-0.4, -0.2) is 11.1 Å². The van der Waals surface area contributed by atoms with Crippen LogP contribution in [0.3, 0.4) is 0 Å². The van der Waals surface area contributed by atoms with E-state index in [1.807, 2.05) is 0 Å². The molecule has 0 heterocycles. The molecule has 0 aliphatic rings. The Morgan fingerprint density at radius 1 is 1.40 bits per heavy atom. The summed E-state index contributed by atoms with van der Waals surface area (Å²) < 4.78 is 36.2. The average molecular weight is 220 g/mol. The van der Waals surface area contributed by atoms with Crippen molar-refractivity contribution in [1.29, 1.82) is 0 Å². The van der Waals surface area contributed by atoms with E-state index in [1.54, 1.807) is 0 Å². The molecule has 82 valence electrons. The van der Waals surface area contributed by atoms with Gasteiger partial charge in [-0.15, -0.1) is 0 Å². The molecule has 1 aromatic carbocycles. The third-order valence-corrected chi connectivity index (χ3v) is 1.72. The summed E-state index contributed by atoms with van der Waals surface area (Å²) in [5.74, 6) is 0. The van der Waals surface area contributed by atoms with Crippen LogP contribution < -0.4 is 5.73 Å². The SMILES string of the molecule is Nc1cccc(CC(F)(F)F)c1[N+](=O)[O-]. The van der Waals surface area contributed by atoms with Gasteiger partial charge in [-0.3, -0.25) is 10.1 Å². The zero-order valence-electron chi connectivity index (χ0n) is 7.41. The number of alkyl halides is 3. The van der Waals surface area contributed by atoms with Crippen LogP contribution in [0.4, 0.5) is 24.5 Å². The quantitative estimate of drug-likeness (QED) is 0.472. The minimum atomic E-state index is -4.49. The number of hydrogen-bond donors (Lipinski definition) is 1. The van der Waals surface area contributed by atoms with Crippen molar-refractivity contribution in [3.63, 3.8) is 0 Å². The first-order valence-corrected chi connectivity index (χ1v) is 3.90. The number of nitrogen functional groups attached to an aromatic ring is 1. The summed E-state index contributed by atoms with van der Waals surface area (Å²) >= 11 is 0. The fourth-order valence-electron chi connectivity index (χ4n) is 1.19. The maximum atomic E-state index is 12.1. The molecule has 2 N–H and O–H groups in total. The van der Waals surface area contributed by atoms with E-state index in [-0.39, 0.29) is 5.69 Å². The molecule has 0 aliphatic heterocycles. The second-order valence-electron chi connectivity index (χ2n) is 2.90. The predicted octanol–water partition coefficient (Wildman–Crippen LogP) is 2.28. The lowest BCUT2D eigenvalue weighted by molar-refractivity contribution is -0.385. The van der Waals surface area contributed by atoms with Gasteiger partial charge in [0, 0.05) is 5.56 Å². The van der Waals surface area contributed by atoms with Crippen molar-refractivity contribution >= 4 is 11.4 Å². The van der Waals surface area contributed by atoms with E-state index in [0.29, 0.717) is 0 Å². The van der Waals surface area contributed by atoms with Crippen LogP contribution >= 0.6 is 0 Å². The minimum absolute atomic E-state index is 0.262. The van der Waals surface area contributed by atoms with Gasteiger partial charge >= 0.3 is 6.18 Å². The lowest BCUT2D eigenvalue weighted by Crippen LogP contribution is -2.13. The van der Waals surface area contributed by atoms with Crippen molar-refractivity contribution in [2.24, 2.45) is 0 Å². The highest BCUT2D eigenvalue weighted by Crippen LogP contribution is 2.31. The van der Waals surface area contributed by atoms with Gasteiger partial charge in [0.05, 0.1) is 11.3 Å². The number of benzene rings is 1. The van der Waals surface area contributed by atoms with E-state index in [1.165, 1.54) is 12.1 Å². The molecule has 1 rings (SSSR count). The Hall–Kier alpha value is -1.79. The predicted molar refractivity (Wildman–Crippen MR) is 47.3 cm³/mol. The number of anilines is 1. The first-order chi connectivity index (χ1) is 6.81. The molecule has 0 bridgehead atoms. The molecule has 0 aromatic heterocycles. The molecule has 0 radical (unpaired) electrons. The number of nitrogens with two attached hydrogens (primary N) is 1. The van der Waals surface area contributed by atoms with Gasteiger partial charge < -0.3 is 5.73 Å². The highest BCUT2D eigenvalue weighted by molar-refractivity contribution is 5.62. The topological polar surface area (TPSA) is 69.2 Å². The average Bonchev–Trinajstić information content (AvgIpc) is 1.99. The normalized spacial score (nSPS) is 11.4. The molecule has 0 atom stereocenters. The van der Waals surface area contributed by atoms with E-state index in [9.17, 15) is 23.3 Å². The fourth-order valence-corrected chi connectivity index (χ4v) is 1.19. The van der Waals surface area contributed by atoms with Crippen LogP contribution in [0.1, 0.15) is 5.56 Å². The Balaban J connectivity index is 3.18. The van der Waals surface area contributed by atoms with Gasteiger partial charge in [0.2, 0.25) is 0 Å². The number of nitro groups is 1. The van der Waals surface area contributed by atoms with Gasteiger partial charge in [0.25, 0.3) is 5.69 Å². The minimum Gasteiger partial charge on any atom is -0.393 e. The Labute approximate surface area is 82.7 Å². The molecule has 4 nitrogen and oxygen atoms in total. The summed E-state index contributed by atoms with van der Waals surface area (Å²) in [5, 5.41) is 10.5. The number of para-hydroxylation sites is 1. The van der Waals surface area contributed by atoms with Crippen molar-refractivity contribution in [1.82, 2.24) is 0 Å². The maximum Gasteiger partial charge on any atom is 0.393 e. The molecule has 0 amide bonds. The Bertz CT molecular complexity index is 390. The molecule has 1 aromatic rings. The monoisotopic (exact) mass is 220 g/mol. The van der Waals surface area contributed by atoms with Gasteiger partial charge in [0.15, 0.2) is 0 Å². The Morgan fingerprint density at radius 2 is 2.00 bits per heavy atom. The summed E-state index contributed by atoms with van der Waals surface area (Å²) in [6, 6.07) is 3.49. The van der Waals surface area contributed by atoms with E-state index in [4.69, 9.17) is 5.73 Å². The Morgan fingerprint density at radius 3 is 2.47 bits per heavy atom. The molecule has 0 saturated heterocycles. The molecule has 15 heavy (non-hydrogen) atoms. The number of nitrogens with zero attached hydrogens (tertiary/aromatic N) is 1. The molecular weight excluding hydrogens is 213 g/mol. The molecule has 0 unspecified atom stereocenters. The van der Waals surface area contributed by atoms with Crippen molar-refractivity contribution < 1.29 is 18.1 Å².